The molecule has 0 amide bonds. The van der Waals surface area contributed by atoms with E-state index < -0.39 is 27.8 Å². The first-order valence-electron chi connectivity index (χ1n) is 19.6. The van der Waals surface area contributed by atoms with Crippen LogP contribution in [-0.4, -0.2) is 46.9 Å². The monoisotopic (exact) mass is 837 g/mol. The van der Waals surface area contributed by atoms with Gasteiger partial charge in [0.25, 0.3) is 0 Å². The number of aliphatic hydroxyl groups is 1. The molecule has 1 aromatic rings. The molecule has 0 saturated heterocycles. The van der Waals surface area contributed by atoms with Gasteiger partial charge in [-0.3, -0.25) is 15.9 Å². The number of Topliss-reactive ketones (excluding diaryl/α,β-unsaturated/α-hetero) is 1. The van der Waals surface area contributed by atoms with Crippen LogP contribution in [0.1, 0.15) is 132 Å². The van der Waals surface area contributed by atoms with E-state index in [-0.39, 0.29) is 84.4 Å². The molecule has 0 heterocycles. The Bertz CT molecular complexity index is 1660. The molecule has 0 aromatic heterocycles. The second-order valence-electron chi connectivity index (χ2n) is 19.3. The summed E-state index contributed by atoms with van der Waals surface area (Å²) in [5, 5.41) is 16.9. The smallest absolute Gasteiger partial charge is 0.304 e. The number of hydrogen-bond donors (Lipinski definition) is 3. The summed E-state index contributed by atoms with van der Waals surface area (Å²) in [7, 11) is 0. The standard InChI is InChI=1S/C43H61ClFN2O5.Mo/c1-26(2)34-30(49)22-41(20-21-47-24-27-10-9-11-29(44)36(27)45)18-19-42(51)28(35(34)41)12-17-43(46)39(7)15-14-32(52-33(50)23-37(3,4)25-48)38(5,6)31(39)13-16-40(42,43)8;/h9-11,26,28,31-32,47,51H,12-24,46H2,1-8H3;/q-1;/t28?,31-,32-,39-,40-,41+,42-,43-;/m0./s1. The summed E-state index contributed by atoms with van der Waals surface area (Å²) < 4.78 is 20.8. The minimum absolute atomic E-state index is 0. The van der Waals surface area contributed by atoms with Gasteiger partial charge in [0.05, 0.1) is 10.6 Å². The van der Waals surface area contributed by atoms with Gasteiger partial charge in [-0.15, -0.1) is 5.41 Å². The number of carbonyl (C=O) groups excluding carboxylic acids is 3. The zero-order valence-electron chi connectivity index (χ0n) is 33.1. The summed E-state index contributed by atoms with van der Waals surface area (Å²) in [6, 6.07) is 5.04. The number of hydrogen-bond acceptors (Lipinski definition) is 7. The number of nitrogens with one attached hydrogen (secondary N) is 1. The second kappa shape index (κ2) is 14.5. The van der Waals surface area contributed by atoms with E-state index in [2.05, 4.69) is 46.9 Å². The van der Waals surface area contributed by atoms with Gasteiger partial charge in [0, 0.05) is 73.7 Å². The third kappa shape index (κ3) is 6.49. The van der Waals surface area contributed by atoms with Crippen molar-refractivity contribution >= 4 is 29.6 Å². The molecule has 294 valence electrons. The Labute approximate surface area is 335 Å². The molecule has 53 heavy (non-hydrogen) atoms. The van der Waals surface area contributed by atoms with Crippen molar-refractivity contribution in [1.29, 1.82) is 0 Å². The molecular weight excluding hydrogens is 775 g/mol. The molecule has 4 saturated carbocycles. The molecule has 4 N–H and O–H groups in total. The second-order valence-corrected chi connectivity index (χ2v) is 19.7. The summed E-state index contributed by atoms with van der Waals surface area (Å²) in [6.45, 7) is 17.5. The predicted molar refractivity (Wildman–Crippen MR) is 201 cm³/mol. The fraction of sp³-hybridized carbons (Fsp3) is 0.744. The largest absolute Gasteiger partial charge is 0.541 e. The molecule has 0 spiro atoms. The molecular formula is C43H61ClFMoN2O5-. The van der Waals surface area contributed by atoms with Crippen LogP contribution in [0.15, 0.2) is 29.3 Å². The summed E-state index contributed by atoms with van der Waals surface area (Å²) in [5.41, 5.74) is 6.16. The van der Waals surface area contributed by atoms with Crippen LogP contribution in [0.5, 0.6) is 0 Å². The van der Waals surface area contributed by atoms with E-state index >= 15 is 0 Å². The number of carbonyl (C=O) groups is 2. The van der Waals surface area contributed by atoms with Crippen molar-refractivity contribution in [2.24, 2.45) is 50.6 Å². The molecule has 5 aliphatic rings. The summed E-state index contributed by atoms with van der Waals surface area (Å²) in [5.74, 6) is -0.543. The Kier molecular flexibility index (Phi) is 11.7. The summed E-state index contributed by atoms with van der Waals surface area (Å²) in [4.78, 5) is 38.4. The molecule has 0 bridgehead atoms. The van der Waals surface area contributed by atoms with E-state index in [0.29, 0.717) is 50.8 Å². The van der Waals surface area contributed by atoms with E-state index in [9.17, 15) is 23.9 Å². The molecule has 10 heteroatoms. The van der Waals surface area contributed by atoms with Gasteiger partial charge < -0.3 is 25.7 Å². The molecule has 4 fully saturated rings. The number of ketones is 1. The van der Waals surface area contributed by atoms with E-state index in [0.717, 1.165) is 37.7 Å². The average molecular weight is 836 g/mol. The number of fused-ring (bicyclic) bond motifs is 7. The van der Waals surface area contributed by atoms with Crippen LogP contribution in [0.4, 0.5) is 4.39 Å². The zero-order valence-corrected chi connectivity index (χ0v) is 35.8. The number of benzene rings is 1. The SMILES string of the molecule is CC(C)C1=C2C3CC[C@@]4(N)[C@@](C)(CC[C@H]5C(C)(C)[C@@H](OC(=O)CC(C)(C)[C-]=O)CC[C@@]54C)[C@]3(O)CC[C@@]2(CCNCc2cccc(Cl)c2F)CC1=O.[Mo]. The first kappa shape index (κ1) is 42.7. The van der Waals surface area contributed by atoms with E-state index in [1.165, 1.54) is 5.57 Å². The first-order valence-corrected chi connectivity index (χ1v) is 20.0. The van der Waals surface area contributed by atoms with Crippen LogP contribution < -0.4 is 11.1 Å². The Hall–Kier alpha value is -1.44. The number of ether oxygens (including phenoxy) is 1. The van der Waals surface area contributed by atoms with Crippen LogP contribution in [0.2, 0.25) is 5.02 Å². The molecule has 5 aliphatic carbocycles. The molecule has 7 nitrogen and oxygen atoms in total. The maximum Gasteiger partial charge on any atom is 0.304 e. The fourth-order valence-electron chi connectivity index (χ4n) is 12.7. The van der Waals surface area contributed by atoms with E-state index in [4.69, 9.17) is 22.1 Å². The maximum atomic E-state index is 14.6. The topological polar surface area (TPSA) is 119 Å². The maximum absolute atomic E-state index is 14.6. The summed E-state index contributed by atoms with van der Waals surface area (Å²) in [6.07, 6.45) is 8.61. The van der Waals surface area contributed by atoms with Crippen molar-refractivity contribution in [1.82, 2.24) is 5.32 Å². The van der Waals surface area contributed by atoms with Crippen molar-refractivity contribution in [3.8, 4) is 0 Å². The third-order valence-electron chi connectivity index (χ3n) is 15.6. The summed E-state index contributed by atoms with van der Waals surface area (Å²) >= 11 is 6.03. The van der Waals surface area contributed by atoms with Gasteiger partial charge in [-0.05, 0) is 93.2 Å². The zero-order chi connectivity index (χ0) is 38.3. The van der Waals surface area contributed by atoms with Gasteiger partial charge >= 0.3 is 5.97 Å². The van der Waals surface area contributed by atoms with Crippen LogP contribution >= 0.6 is 11.6 Å². The molecule has 0 radical (unpaired) electrons. The van der Waals surface area contributed by atoms with Gasteiger partial charge in [0.1, 0.15) is 11.9 Å². The van der Waals surface area contributed by atoms with Gasteiger partial charge in [-0.2, -0.15) is 0 Å². The van der Waals surface area contributed by atoms with Gasteiger partial charge in [-0.25, -0.2) is 4.39 Å². The predicted octanol–water partition coefficient (Wildman–Crippen LogP) is 8.18. The number of esters is 1. The normalized spacial score (nSPS) is 37.6. The Morgan fingerprint density at radius 1 is 1.11 bits per heavy atom. The third-order valence-corrected chi connectivity index (χ3v) is 15.8. The molecule has 6 rings (SSSR count). The minimum atomic E-state index is -1.08. The van der Waals surface area contributed by atoms with Crippen LogP contribution in [-0.2, 0) is 46.7 Å². The Balaban J connectivity index is 0.00000541. The molecule has 8 atom stereocenters. The van der Waals surface area contributed by atoms with Crippen molar-refractivity contribution in [3.05, 3.63) is 45.7 Å². The number of nitrogens with two attached hydrogens (primary N) is 1. The van der Waals surface area contributed by atoms with Gasteiger partial charge in [-0.1, -0.05) is 84.7 Å². The van der Waals surface area contributed by atoms with Crippen molar-refractivity contribution in [2.75, 3.05) is 6.54 Å². The Morgan fingerprint density at radius 3 is 2.47 bits per heavy atom. The van der Waals surface area contributed by atoms with Crippen LogP contribution in [0, 0.1) is 50.6 Å². The van der Waals surface area contributed by atoms with E-state index in [1.807, 2.05) is 6.29 Å². The van der Waals surface area contributed by atoms with Crippen LogP contribution in [0.25, 0.3) is 0 Å². The fourth-order valence-corrected chi connectivity index (χ4v) is 12.9. The quantitative estimate of drug-likeness (QED) is 0.0942. The van der Waals surface area contributed by atoms with Crippen molar-refractivity contribution in [3.63, 3.8) is 0 Å². The Morgan fingerprint density at radius 2 is 1.81 bits per heavy atom. The number of rotatable bonds is 10. The average Bonchev–Trinajstić information content (AvgIpc) is 3.36. The molecule has 0 aliphatic heterocycles. The molecule has 1 unspecified atom stereocenters. The minimum Gasteiger partial charge on any atom is -0.541 e. The van der Waals surface area contributed by atoms with Crippen molar-refractivity contribution < 1.29 is 49.7 Å². The van der Waals surface area contributed by atoms with E-state index in [1.54, 1.807) is 32.0 Å². The van der Waals surface area contributed by atoms with Gasteiger partial charge in [0.15, 0.2) is 5.78 Å². The van der Waals surface area contributed by atoms with Crippen LogP contribution in [0.3, 0.4) is 0 Å². The first-order chi connectivity index (χ1) is 24.1. The van der Waals surface area contributed by atoms with Gasteiger partial charge in [0.2, 0.25) is 0 Å². The molecule has 1 aromatic carbocycles. The number of halogens is 2. The number of allylic oxidation sites excluding steroid dienone is 1. The van der Waals surface area contributed by atoms with Crippen molar-refractivity contribution in [2.45, 2.75) is 150 Å².